The van der Waals surface area contributed by atoms with Crippen LogP contribution in [0.25, 0.3) is 0 Å². The quantitative estimate of drug-likeness (QED) is 0.946. The van der Waals surface area contributed by atoms with Gasteiger partial charge in [-0.25, -0.2) is 0 Å². The molecule has 0 atom stereocenters. The lowest BCUT2D eigenvalue weighted by molar-refractivity contribution is 0.0946. The van der Waals surface area contributed by atoms with E-state index in [0.717, 1.165) is 10.0 Å². The Morgan fingerprint density at radius 2 is 2.16 bits per heavy atom. The first kappa shape index (κ1) is 13.2. The third-order valence-corrected chi connectivity index (χ3v) is 3.29. The van der Waals surface area contributed by atoms with Crippen molar-refractivity contribution in [1.29, 1.82) is 5.26 Å². The zero-order valence-corrected chi connectivity index (χ0v) is 11.5. The standard InChI is InChI=1S/C14H10BrN3O/c15-12-4-2-1-3-11(12)9-18-14(19)13-7-10(8-16)5-6-17-13/h1-7H,9H2,(H,18,19). The van der Waals surface area contributed by atoms with Crippen LogP contribution in [0, 0.1) is 11.3 Å². The van der Waals surface area contributed by atoms with Crippen LogP contribution in [0.15, 0.2) is 47.1 Å². The summed E-state index contributed by atoms with van der Waals surface area (Å²) in [5, 5.41) is 11.5. The predicted octanol–water partition coefficient (Wildman–Crippen LogP) is 2.65. The van der Waals surface area contributed by atoms with E-state index in [9.17, 15) is 4.79 Å². The number of rotatable bonds is 3. The van der Waals surface area contributed by atoms with Crippen molar-refractivity contribution in [2.24, 2.45) is 0 Å². The highest BCUT2D eigenvalue weighted by Gasteiger charge is 2.08. The summed E-state index contributed by atoms with van der Waals surface area (Å²) in [6.07, 6.45) is 1.45. The summed E-state index contributed by atoms with van der Waals surface area (Å²) in [5.74, 6) is -0.298. The second-order valence-electron chi connectivity index (χ2n) is 3.82. The molecule has 0 spiro atoms. The van der Waals surface area contributed by atoms with Crippen LogP contribution in [0.1, 0.15) is 21.6 Å². The molecule has 2 rings (SSSR count). The maximum Gasteiger partial charge on any atom is 0.270 e. The van der Waals surface area contributed by atoms with Crippen molar-refractivity contribution in [3.05, 3.63) is 63.9 Å². The zero-order valence-electron chi connectivity index (χ0n) is 9.93. The average molecular weight is 316 g/mol. The maximum absolute atomic E-state index is 11.9. The van der Waals surface area contributed by atoms with Gasteiger partial charge in [-0.05, 0) is 23.8 Å². The van der Waals surface area contributed by atoms with Crippen LogP contribution in [0.5, 0.6) is 0 Å². The van der Waals surface area contributed by atoms with E-state index in [2.05, 4.69) is 26.2 Å². The second kappa shape index (κ2) is 6.12. The molecule has 19 heavy (non-hydrogen) atoms. The van der Waals surface area contributed by atoms with Gasteiger partial charge in [0.15, 0.2) is 0 Å². The van der Waals surface area contributed by atoms with E-state index in [-0.39, 0.29) is 11.6 Å². The van der Waals surface area contributed by atoms with Gasteiger partial charge >= 0.3 is 0 Å². The highest BCUT2D eigenvalue weighted by Crippen LogP contribution is 2.15. The fourth-order valence-corrected chi connectivity index (χ4v) is 1.96. The van der Waals surface area contributed by atoms with Crippen LogP contribution in [0.4, 0.5) is 0 Å². The Hall–Kier alpha value is -2.19. The summed E-state index contributed by atoms with van der Waals surface area (Å²) in [7, 11) is 0. The van der Waals surface area contributed by atoms with Gasteiger partial charge in [0.1, 0.15) is 5.69 Å². The lowest BCUT2D eigenvalue weighted by Crippen LogP contribution is -2.24. The number of amides is 1. The summed E-state index contributed by atoms with van der Waals surface area (Å²) < 4.78 is 0.939. The number of carbonyl (C=O) groups is 1. The summed E-state index contributed by atoms with van der Waals surface area (Å²) in [6, 6.07) is 12.7. The molecular formula is C14H10BrN3O. The predicted molar refractivity (Wildman–Crippen MR) is 74.3 cm³/mol. The van der Waals surface area contributed by atoms with Crippen LogP contribution in [-0.4, -0.2) is 10.9 Å². The molecule has 1 N–H and O–H groups in total. The van der Waals surface area contributed by atoms with E-state index in [1.165, 1.54) is 12.3 Å². The van der Waals surface area contributed by atoms with Gasteiger partial charge in [0.2, 0.25) is 0 Å². The Morgan fingerprint density at radius 3 is 2.89 bits per heavy atom. The first-order valence-electron chi connectivity index (χ1n) is 5.58. The Balaban J connectivity index is 2.06. The summed E-state index contributed by atoms with van der Waals surface area (Å²) in [4.78, 5) is 15.8. The van der Waals surface area contributed by atoms with Gasteiger partial charge in [0.25, 0.3) is 5.91 Å². The van der Waals surface area contributed by atoms with Crippen molar-refractivity contribution in [2.45, 2.75) is 6.54 Å². The highest BCUT2D eigenvalue weighted by atomic mass is 79.9. The normalized spacial score (nSPS) is 9.68. The van der Waals surface area contributed by atoms with Crippen molar-refractivity contribution in [3.8, 4) is 6.07 Å². The molecule has 1 aromatic heterocycles. The maximum atomic E-state index is 11.9. The summed E-state index contributed by atoms with van der Waals surface area (Å²) >= 11 is 3.42. The molecule has 1 aromatic carbocycles. The monoisotopic (exact) mass is 315 g/mol. The number of benzene rings is 1. The molecule has 0 aliphatic heterocycles. The molecule has 5 heteroatoms. The molecule has 0 unspecified atom stereocenters. The molecule has 4 nitrogen and oxygen atoms in total. The van der Waals surface area contributed by atoms with Crippen molar-refractivity contribution in [3.63, 3.8) is 0 Å². The van der Waals surface area contributed by atoms with Crippen LogP contribution in [0.3, 0.4) is 0 Å². The Morgan fingerprint density at radius 1 is 1.37 bits per heavy atom. The number of hydrogen-bond donors (Lipinski definition) is 1. The molecule has 1 heterocycles. The average Bonchev–Trinajstić information content (AvgIpc) is 2.46. The molecule has 2 aromatic rings. The summed E-state index contributed by atoms with van der Waals surface area (Å²) in [6.45, 7) is 0.402. The first-order valence-corrected chi connectivity index (χ1v) is 6.38. The smallest absolute Gasteiger partial charge is 0.270 e. The van der Waals surface area contributed by atoms with E-state index >= 15 is 0 Å². The van der Waals surface area contributed by atoms with E-state index in [0.29, 0.717) is 12.1 Å². The van der Waals surface area contributed by atoms with Gasteiger partial charge in [0, 0.05) is 17.2 Å². The number of nitriles is 1. The molecule has 0 fully saturated rings. The topological polar surface area (TPSA) is 65.8 Å². The fourth-order valence-electron chi connectivity index (χ4n) is 1.53. The third-order valence-electron chi connectivity index (χ3n) is 2.52. The first-order chi connectivity index (χ1) is 9.20. The van der Waals surface area contributed by atoms with Gasteiger partial charge in [0.05, 0.1) is 11.6 Å². The fraction of sp³-hybridized carbons (Fsp3) is 0.0714. The Kier molecular flexibility index (Phi) is 4.26. The van der Waals surface area contributed by atoms with E-state index in [4.69, 9.17) is 5.26 Å². The number of aromatic nitrogens is 1. The largest absolute Gasteiger partial charge is 0.347 e. The second-order valence-corrected chi connectivity index (χ2v) is 4.67. The van der Waals surface area contributed by atoms with Gasteiger partial charge in [-0.1, -0.05) is 34.1 Å². The molecule has 0 radical (unpaired) electrons. The molecule has 0 aliphatic carbocycles. The van der Waals surface area contributed by atoms with Gasteiger partial charge < -0.3 is 5.32 Å². The molecule has 0 saturated heterocycles. The SMILES string of the molecule is N#Cc1ccnc(C(=O)NCc2ccccc2Br)c1. The number of pyridine rings is 1. The van der Waals surface area contributed by atoms with Gasteiger partial charge in [-0.2, -0.15) is 5.26 Å². The molecule has 94 valence electrons. The van der Waals surface area contributed by atoms with Crippen LogP contribution in [-0.2, 0) is 6.54 Å². The number of nitrogens with one attached hydrogen (secondary N) is 1. The number of carbonyl (C=O) groups excluding carboxylic acids is 1. The van der Waals surface area contributed by atoms with E-state index < -0.39 is 0 Å². The molecule has 0 aliphatic rings. The van der Waals surface area contributed by atoms with Gasteiger partial charge in [-0.15, -0.1) is 0 Å². The molecular weight excluding hydrogens is 306 g/mol. The van der Waals surface area contributed by atoms with Crippen LogP contribution in [0.2, 0.25) is 0 Å². The number of nitrogens with zero attached hydrogens (tertiary/aromatic N) is 2. The van der Waals surface area contributed by atoms with Gasteiger partial charge in [-0.3, -0.25) is 9.78 Å². The lowest BCUT2D eigenvalue weighted by atomic mass is 10.2. The molecule has 1 amide bonds. The summed E-state index contributed by atoms with van der Waals surface area (Å²) in [5.41, 5.74) is 1.64. The minimum absolute atomic E-state index is 0.242. The minimum Gasteiger partial charge on any atom is -0.347 e. The Bertz CT molecular complexity index is 649. The van der Waals surface area contributed by atoms with Crippen molar-refractivity contribution in [2.75, 3.05) is 0 Å². The van der Waals surface area contributed by atoms with Crippen LogP contribution < -0.4 is 5.32 Å². The molecule has 0 bridgehead atoms. The minimum atomic E-state index is -0.298. The number of halogens is 1. The Labute approximate surface area is 119 Å². The van der Waals surface area contributed by atoms with Crippen molar-refractivity contribution < 1.29 is 4.79 Å². The lowest BCUT2D eigenvalue weighted by Gasteiger charge is -2.06. The van der Waals surface area contributed by atoms with Crippen molar-refractivity contribution >= 4 is 21.8 Å². The molecule has 0 saturated carbocycles. The third kappa shape index (κ3) is 3.39. The number of hydrogen-bond acceptors (Lipinski definition) is 3. The van der Waals surface area contributed by atoms with E-state index in [1.807, 2.05) is 30.3 Å². The zero-order chi connectivity index (χ0) is 13.7. The van der Waals surface area contributed by atoms with Crippen LogP contribution >= 0.6 is 15.9 Å². The van der Waals surface area contributed by atoms with E-state index in [1.54, 1.807) is 6.07 Å². The highest BCUT2D eigenvalue weighted by molar-refractivity contribution is 9.10. The van der Waals surface area contributed by atoms with Crippen molar-refractivity contribution in [1.82, 2.24) is 10.3 Å².